The summed E-state index contributed by atoms with van der Waals surface area (Å²) >= 11 is 0. The van der Waals surface area contributed by atoms with Gasteiger partial charge in [0.25, 0.3) is 0 Å². The van der Waals surface area contributed by atoms with Crippen LogP contribution < -0.4 is 0 Å². The Morgan fingerprint density at radius 2 is 2.44 bits per heavy atom. The first-order valence-electron chi connectivity index (χ1n) is 3.35. The molecule has 0 bridgehead atoms. The van der Waals surface area contributed by atoms with Gasteiger partial charge in [-0.15, -0.1) is 0 Å². The minimum Gasteiger partial charge on any atom is -0.0940 e. The summed E-state index contributed by atoms with van der Waals surface area (Å²) < 4.78 is 0. The molecule has 0 aromatic rings. The number of azide groups is 1. The van der Waals surface area contributed by atoms with Crippen molar-refractivity contribution in [2.45, 2.75) is 19.8 Å². The number of rotatable bonds is 3. The molecule has 1 fully saturated rings. The lowest BCUT2D eigenvalue weighted by Gasteiger charge is -1.87. The first-order chi connectivity index (χ1) is 4.34. The van der Waals surface area contributed by atoms with Crippen molar-refractivity contribution in [3.05, 3.63) is 10.4 Å². The fourth-order valence-corrected chi connectivity index (χ4v) is 1.07. The lowest BCUT2D eigenvalue weighted by Crippen LogP contribution is -1.82. The molecule has 0 spiro atoms. The second-order valence-corrected chi connectivity index (χ2v) is 2.72. The summed E-state index contributed by atoms with van der Waals surface area (Å²) in [5, 5.41) is 3.47. The van der Waals surface area contributed by atoms with Crippen LogP contribution in [0.5, 0.6) is 0 Å². The molecule has 2 atom stereocenters. The van der Waals surface area contributed by atoms with Crippen molar-refractivity contribution in [2.24, 2.45) is 17.0 Å². The minimum absolute atomic E-state index is 0.686. The van der Waals surface area contributed by atoms with E-state index in [1.165, 1.54) is 6.42 Å². The average molecular weight is 125 g/mol. The van der Waals surface area contributed by atoms with E-state index in [9.17, 15) is 0 Å². The van der Waals surface area contributed by atoms with Gasteiger partial charge in [-0.05, 0) is 30.2 Å². The van der Waals surface area contributed by atoms with E-state index in [1.807, 2.05) is 0 Å². The molecule has 50 valence electrons. The molecule has 0 N–H and O–H groups in total. The maximum atomic E-state index is 7.92. The van der Waals surface area contributed by atoms with E-state index in [4.69, 9.17) is 5.53 Å². The van der Waals surface area contributed by atoms with Gasteiger partial charge >= 0.3 is 0 Å². The van der Waals surface area contributed by atoms with Gasteiger partial charge in [-0.3, -0.25) is 0 Å². The van der Waals surface area contributed by atoms with E-state index in [2.05, 4.69) is 16.9 Å². The Bertz CT molecular complexity index is 137. The summed E-state index contributed by atoms with van der Waals surface area (Å²) in [4.78, 5) is 2.69. The Morgan fingerprint density at radius 1 is 1.78 bits per heavy atom. The molecular formula is C6H11N3. The van der Waals surface area contributed by atoms with Crippen LogP contribution in [-0.4, -0.2) is 6.54 Å². The second-order valence-electron chi connectivity index (χ2n) is 2.72. The maximum absolute atomic E-state index is 7.92. The molecule has 9 heavy (non-hydrogen) atoms. The molecule has 3 nitrogen and oxygen atoms in total. The Labute approximate surface area is 54.7 Å². The number of nitrogens with zero attached hydrogens (tertiary/aromatic N) is 3. The molecule has 1 rings (SSSR count). The molecule has 1 saturated carbocycles. The fourth-order valence-electron chi connectivity index (χ4n) is 1.07. The molecule has 0 amide bonds. The maximum Gasteiger partial charge on any atom is 0.0260 e. The minimum atomic E-state index is 0.686. The Kier molecular flexibility index (Phi) is 1.96. The predicted molar refractivity (Wildman–Crippen MR) is 35.9 cm³/mol. The Morgan fingerprint density at radius 3 is 2.89 bits per heavy atom. The summed E-state index contributed by atoms with van der Waals surface area (Å²) in [5.74, 6) is 1.74. The monoisotopic (exact) mass is 125 g/mol. The smallest absolute Gasteiger partial charge is 0.0260 e. The van der Waals surface area contributed by atoms with E-state index in [1.54, 1.807) is 0 Å². The first kappa shape index (κ1) is 6.43. The van der Waals surface area contributed by atoms with Gasteiger partial charge in [0.2, 0.25) is 0 Å². The fraction of sp³-hybridized carbons (Fsp3) is 1.00. The first-order valence-corrected chi connectivity index (χ1v) is 3.35. The molecule has 0 radical (unpaired) electrons. The van der Waals surface area contributed by atoms with Crippen molar-refractivity contribution in [1.82, 2.24) is 0 Å². The van der Waals surface area contributed by atoms with E-state index >= 15 is 0 Å². The predicted octanol–water partition coefficient (Wildman–Crippen LogP) is 2.34. The zero-order chi connectivity index (χ0) is 6.69. The quantitative estimate of drug-likeness (QED) is 0.316. The van der Waals surface area contributed by atoms with E-state index < -0.39 is 0 Å². The summed E-state index contributed by atoms with van der Waals surface area (Å²) in [5.41, 5.74) is 7.92. The zero-order valence-electron chi connectivity index (χ0n) is 5.62. The highest BCUT2D eigenvalue weighted by atomic mass is 15.1. The standard InChI is InChI=1S/C6H11N3/c1-5-4-6(5)2-3-8-9-7/h5-6H,2-4H2,1H3. The molecular weight excluding hydrogens is 114 g/mol. The number of hydrogen-bond donors (Lipinski definition) is 0. The van der Waals surface area contributed by atoms with Crippen LogP contribution in [0.3, 0.4) is 0 Å². The van der Waals surface area contributed by atoms with Crippen molar-refractivity contribution in [3.63, 3.8) is 0 Å². The Hall–Kier alpha value is -0.690. The van der Waals surface area contributed by atoms with Crippen LogP contribution >= 0.6 is 0 Å². The molecule has 3 heteroatoms. The molecule has 0 saturated heterocycles. The van der Waals surface area contributed by atoms with Crippen LogP contribution in [-0.2, 0) is 0 Å². The summed E-state index contributed by atoms with van der Waals surface area (Å²) in [7, 11) is 0. The molecule has 0 aromatic heterocycles. The largest absolute Gasteiger partial charge is 0.0940 e. The molecule has 0 aromatic carbocycles. The van der Waals surface area contributed by atoms with Gasteiger partial charge in [-0.2, -0.15) is 0 Å². The van der Waals surface area contributed by atoms with Crippen molar-refractivity contribution < 1.29 is 0 Å². The van der Waals surface area contributed by atoms with E-state index in [-0.39, 0.29) is 0 Å². The topological polar surface area (TPSA) is 48.8 Å². The van der Waals surface area contributed by atoms with Gasteiger partial charge in [-0.25, -0.2) is 0 Å². The van der Waals surface area contributed by atoms with Gasteiger partial charge < -0.3 is 0 Å². The molecule has 0 heterocycles. The van der Waals surface area contributed by atoms with Crippen molar-refractivity contribution in [2.75, 3.05) is 6.54 Å². The number of hydrogen-bond acceptors (Lipinski definition) is 1. The summed E-state index contributed by atoms with van der Waals surface area (Å²) in [6.45, 7) is 2.92. The van der Waals surface area contributed by atoms with Gasteiger partial charge in [0.15, 0.2) is 0 Å². The summed E-state index contributed by atoms with van der Waals surface area (Å²) in [6, 6.07) is 0. The Balaban J connectivity index is 2.00. The van der Waals surface area contributed by atoms with Crippen LogP contribution in [0.2, 0.25) is 0 Å². The third-order valence-corrected chi connectivity index (χ3v) is 1.94. The van der Waals surface area contributed by atoms with Crippen LogP contribution in [0.15, 0.2) is 5.11 Å². The third kappa shape index (κ3) is 1.94. The normalized spacial score (nSPS) is 31.2. The van der Waals surface area contributed by atoms with Gasteiger partial charge in [0.1, 0.15) is 0 Å². The lowest BCUT2D eigenvalue weighted by molar-refractivity contribution is 0.682. The lowest BCUT2D eigenvalue weighted by atomic mass is 10.2. The molecule has 1 aliphatic rings. The van der Waals surface area contributed by atoms with Crippen LogP contribution in [0.1, 0.15) is 19.8 Å². The highest BCUT2D eigenvalue weighted by Crippen LogP contribution is 2.40. The average Bonchev–Trinajstić information content (AvgIpc) is 2.48. The molecule has 2 unspecified atom stereocenters. The zero-order valence-corrected chi connectivity index (χ0v) is 5.62. The second kappa shape index (κ2) is 2.74. The van der Waals surface area contributed by atoms with Crippen molar-refractivity contribution >= 4 is 0 Å². The SMILES string of the molecule is CC1CC1CCN=[N+]=[N-]. The molecule has 0 aliphatic heterocycles. The van der Waals surface area contributed by atoms with Crippen molar-refractivity contribution in [3.8, 4) is 0 Å². The van der Waals surface area contributed by atoms with Gasteiger partial charge in [0.05, 0.1) is 0 Å². The van der Waals surface area contributed by atoms with Crippen LogP contribution in [0.25, 0.3) is 10.4 Å². The van der Waals surface area contributed by atoms with Crippen molar-refractivity contribution in [1.29, 1.82) is 0 Å². The van der Waals surface area contributed by atoms with Gasteiger partial charge in [0, 0.05) is 11.5 Å². The van der Waals surface area contributed by atoms with Gasteiger partial charge in [-0.1, -0.05) is 12.0 Å². The van der Waals surface area contributed by atoms with E-state index in [0.29, 0.717) is 6.54 Å². The van der Waals surface area contributed by atoms with Crippen LogP contribution in [0, 0.1) is 11.8 Å². The van der Waals surface area contributed by atoms with E-state index in [0.717, 1.165) is 18.3 Å². The highest BCUT2D eigenvalue weighted by Gasteiger charge is 2.31. The van der Waals surface area contributed by atoms with Crippen LogP contribution in [0.4, 0.5) is 0 Å². The highest BCUT2D eigenvalue weighted by molar-refractivity contribution is 4.82. The molecule has 1 aliphatic carbocycles. The third-order valence-electron chi connectivity index (χ3n) is 1.94. The summed E-state index contributed by atoms with van der Waals surface area (Å²) in [6.07, 6.45) is 2.42.